The molecule has 168 valence electrons. The second-order valence-electron chi connectivity index (χ2n) is 8.28. The van der Waals surface area contributed by atoms with Crippen LogP contribution in [0.3, 0.4) is 0 Å². The molecular formula is C24H27FN4O3. The predicted molar refractivity (Wildman–Crippen MR) is 121 cm³/mol. The van der Waals surface area contributed by atoms with E-state index in [9.17, 15) is 9.18 Å². The van der Waals surface area contributed by atoms with Crippen LogP contribution in [0.25, 0.3) is 11.1 Å². The third-order valence-electron chi connectivity index (χ3n) is 5.43. The van der Waals surface area contributed by atoms with Crippen molar-refractivity contribution in [3.05, 3.63) is 59.7 Å². The van der Waals surface area contributed by atoms with E-state index in [0.29, 0.717) is 42.1 Å². The van der Waals surface area contributed by atoms with E-state index in [1.54, 1.807) is 18.5 Å². The van der Waals surface area contributed by atoms with Crippen molar-refractivity contribution in [2.24, 2.45) is 5.92 Å². The quantitative estimate of drug-likeness (QED) is 0.589. The fraction of sp³-hybridized carbons (Fsp3) is 0.333. The number of ether oxygens (including phenoxy) is 2. The highest BCUT2D eigenvalue weighted by Crippen LogP contribution is 2.35. The van der Waals surface area contributed by atoms with Crippen molar-refractivity contribution >= 4 is 11.6 Å². The second kappa shape index (κ2) is 9.40. The first-order valence-electron chi connectivity index (χ1n) is 10.5. The molecule has 0 saturated carbocycles. The Morgan fingerprint density at radius 2 is 2.19 bits per heavy atom. The molecule has 1 atom stereocenters. The zero-order valence-corrected chi connectivity index (χ0v) is 18.4. The van der Waals surface area contributed by atoms with Crippen molar-refractivity contribution in [2.45, 2.75) is 13.3 Å². The highest BCUT2D eigenvalue weighted by Gasteiger charge is 2.27. The maximum absolute atomic E-state index is 14.9. The average molecular weight is 439 g/mol. The number of likely N-dealkylation sites (N-methyl/N-ethyl adjacent to an activating group) is 1. The zero-order chi connectivity index (χ0) is 22.7. The number of nitrogens with zero attached hydrogens (tertiary/aromatic N) is 2. The first kappa shape index (κ1) is 21.8. The molecule has 0 saturated heterocycles. The van der Waals surface area contributed by atoms with Crippen LogP contribution in [0.1, 0.15) is 11.1 Å². The van der Waals surface area contributed by atoms with E-state index in [2.05, 4.69) is 15.5 Å². The van der Waals surface area contributed by atoms with Gasteiger partial charge in [0.05, 0.1) is 17.8 Å². The van der Waals surface area contributed by atoms with E-state index in [1.165, 1.54) is 6.07 Å². The Bertz CT molecular complexity index is 1100. The lowest BCUT2D eigenvalue weighted by molar-refractivity contribution is -0.121. The van der Waals surface area contributed by atoms with Crippen LogP contribution in [-0.4, -0.2) is 54.9 Å². The number of carbonyl (C=O) groups excluding carboxylic acids is 1. The Labute approximate surface area is 186 Å². The van der Waals surface area contributed by atoms with Gasteiger partial charge in [-0.25, -0.2) is 4.39 Å². The van der Waals surface area contributed by atoms with E-state index in [-0.39, 0.29) is 18.4 Å². The minimum atomic E-state index is -0.470. The molecule has 0 fully saturated rings. The smallest absolute Gasteiger partial charge is 0.231 e. The van der Waals surface area contributed by atoms with Crippen molar-refractivity contribution in [2.75, 3.05) is 39.2 Å². The molecule has 1 aliphatic rings. The highest BCUT2D eigenvalue weighted by molar-refractivity contribution is 5.95. The van der Waals surface area contributed by atoms with Crippen LogP contribution in [0.15, 0.2) is 42.7 Å². The SMILES string of the molecule is Cc1ccc2c(c1)CC(C(=O)Nc1cc(F)c(-c3cn[nH]c3)cc1OCCN(C)C)CO2. The lowest BCUT2D eigenvalue weighted by Gasteiger charge is -2.25. The van der Waals surface area contributed by atoms with Gasteiger partial charge in [0.2, 0.25) is 5.91 Å². The number of hydrogen-bond acceptors (Lipinski definition) is 5. The van der Waals surface area contributed by atoms with E-state index in [0.717, 1.165) is 16.9 Å². The molecule has 1 aliphatic heterocycles. The predicted octanol–water partition coefficient (Wildman–Crippen LogP) is 3.65. The maximum Gasteiger partial charge on any atom is 0.231 e. The Kier molecular flexibility index (Phi) is 6.41. The van der Waals surface area contributed by atoms with Crippen molar-refractivity contribution in [1.29, 1.82) is 0 Å². The van der Waals surface area contributed by atoms with Gasteiger partial charge < -0.3 is 19.7 Å². The van der Waals surface area contributed by atoms with E-state index < -0.39 is 5.82 Å². The molecule has 0 aliphatic carbocycles. The molecule has 0 radical (unpaired) electrons. The van der Waals surface area contributed by atoms with Gasteiger partial charge >= 0.3 is 0 Å². The van der Waals surface area contributed by atoms with Gasteiger partial charge in [0.1, 0.15) is 30.5 Å². The average Bonchev–Trinajstić information content (AvgIpc) is 3.29. The maximum atomic E-state index is 14.9. The molecule has 0 bridgehead atoms. The number of hydrogen-bond donors (Lipinski definition) is 2. The fourth-order valence-corrected chi connectivity index (χ4v) is 3.65. The minimum absolute atomic E-state index is 0.231. The summed E-state index contributed by atoms with van der Waals surface area (Å²) in [7, 11) is 3.88. The van der Waals surface area contributed by atoms with Crippen LogP contribution in [0.2, 0.25) is 0 Å². The number of benzene rings is 2. The van der Waals surface area contributed by atoms with Gasteiger partial charge in [0, 0.05) is 29.9 Å². The minimum Gasteiger partial charge on any atom is -0.492 e. The number of aromatic nitrogens is 2. The van der Waals surface area contributed by atoms with Crippen LogP contribution >= 0.6 is 0 Å². The van der Waals surface area contributed by atoms with Gasteiger partial charge in [0.25, 0.3) is 0 Å². The zero-order valence-electron chi connectivity index (χ0n) is 18.4. The van der Waals surface area contributed by atoms with Crippen molar-refractivity contribution in [3.8, 4) is 22.6 Å². The first-order chi connectivity index (χ1) is 15.4. The lowest BCUT2D eigenvalue weighted by atomic mass is 9.94. The van der Waals surface area contributed by atoms with Crippen molar-refractivity contribution < 1.29 is 18.7 Å². The summed E-state index contributed by atoms with van der Waals surface area (Å²) in [5.74, 6) is 0.136. The number of carbonyl (C=O) groups is 1. The number of rotatable bonds is 7. The van der Waals surface area contributed by atoms with Crippen LogP contribution in [0.4, 0.5) is 10.1 Å². The summed E-state index contributed by atoms with van der Waals surface area (Å²) >= 11 is 0. The third-order valence-corrected chi connectivity index (χ3v) is 5.43. The number of aryl methyl sites for hydroxylation is 1. The summed E-state index contributed by atoms with van der Waals surface area (Å²) in [4.78, 5) is 15.0. The molecule has 2 aromatic carbocycles. The molecule has 8 heteroatoms. The number of halogens is 1. The molecule has 7 nitrogen and oxygen atoms in total. The Morgan fingerprint density at radius 1 is 1.34 bits per heavy atom. The number of nitrogens with one attached hydrogen (secondary N) is 2. The molecule has 32 heavy (non-hydrogen) atoms. The molecule has 4 rings (SSSR count). The Hall–Kier alpha value is -3.39. The van der Waals surface area contributed by atoms with Crippen LogP contribution < -0.4 is 14.8 Å². The molecule has 1 aromatic heterocycles. The first-order valence-corrected chi connectivity index (χ1v) is 10.5. The highest BCUT2D eigenvalue weighted by atomic mass is 19.1. The summed E-state index contributed by atoms with van der Waals surface area (Å²) in [5, 5.41) is 9.43. The number of amides is 1. The van der Waals surface area contributed by atoms with Gasteiger partial charge in [0.15, 0.2) is 0 Å². The van der Waals surface area contributed by atoms with Crippen LogP contribution in [-0.2, 0) is 11.2 Å². The van der Waals surface area contributed by atoms with E-state index in [4.69, 9.17) is 9.47 Å². The molecule has 2 N–H and O–H groups in total. The Morgan fingerprint density at radius 3 is 2.94 bits per heavy atom. The molecule has 1 unspecified atom stereocenters. The van der Waals surface area contributed by atoms with Gasteiger partial charge in [-0.3, -0.25) is 9.89 Å². The normalized spacial score (nSPS) is 15.2. The summed E-state index contributed by atoms with van der Waals surface area (Å²) < 4.78 is 26.6. The number of fused-ring (bicyclic) bond motifs is 1. The topological polar surface area (TPSA) is 79.5 Å². The van der Waals surface area contributed by atoms with Gasteiger partial charge in [-0.15, -0.1) is 0 Å². The van der Waals surface area contributed by atoms with Crippen LogP contribution in [0.5, 0.6) is 11.5 Å². The number of H-pyrrole nitrogens is 1. The van der Waals surface area contributed by atoms with Crippen LogP contribution in [0, 0.1) is 18.7 Å². The standard InChI is InChI=1S/C24H27FN4O3/c1-15-4-5-22-16(8-15)9-17(14-32-22)24(30)28-21-11-20(25)19(18-12-26-27-13-18)10-23(21)31-7-6-29(2)3/h4-5,8,10-13,17H,6-7,9,14H2,1-3H3,(H,26,27)(H,28,30). The summed E-state index contributed by atoms with van der Waals surface area (Å²) in [6.07, 6.45) is 3.72. The molecule has 3 aromatic rings. The molecule has 2 heterocycles. The number of anilines is 1. The molecule has 1 amide bonds. The van der Waals surface area contributed by atoms with Crippen molar-refractivity contribution in [3.63, 3.8) is 0 Å². The van der Waals surface area contributed by atoms with Gasteiger partial charge in [-0.2, -0.15) is 5.10 Å². The Balaban J connectivity index is 1.56. The van der Waals surface area contributed by atoms with Gasteiger partial charge in [-0.1, -0.05) is 17.7 Å². The van der Waals surface area contributed by atoms with E-state index >= 15 is 0 Å². The largest absolute Gasteiger partial charge is 0.492 e. The van der Waals surface area contributed by atoms with Gasteiger partial charge in [-0.05, 0) is 45.1 Å². The second-order valence-corrected chi connectivity index (χ2v) is 8.28. The van der Waals surface area contributed by atoms with Crippen molar-refractivity contribution in [1.82, 2.24) is 15.1 Å². The monoisotopic (exact) mass is 438 g/mol. The molecule has 0 spiro atoms. The summed E-state index contributed by atoms with van der Waals surface area (Å²) in [6.45, 7) is 3.35. The molecular weight excluding hydrogens is 411 g/mol. The summed E-state index contributed by atoms with van der Waals surface area (Å²) in [5.41, 5.74) is 3.36. The summed E-state index contributed by atoms with van der Waals surface area (Å²) in [6, 6.07) is 8.85. The fourth-order valence-electron chi connectivity index (χ4n) is 3.65. The lowest BCUT2D eigenvalue weighted by Crippen LogP contribution is -2.32. The number of aromatic amines is 1. The van der Waals surface area contributed by atoms with E-state index in [1.807, 2.05) is 44.1 Å². The third kappa shape index (κ3) is 4.91.